The van der Waals surface area contributed by atoms with E-state index in [1.54, 1.807) is 0 Å². The van der Waals surface area contributed by atoms with Gasteiger partial charge in [-0.2, -0.15) is 0 Å². The zero-order chi connectivity index (χ0) is 5.15. The maximum Gasteiger partial charge on any atom is 0.414 e. The third-order valence-corrected chi connectivity index (χ3v) is 0.183. The minimum Gasteiger partial charge on any atom is -0.473 e. The molecule has 0 rings (SSSR count). The number of hydrogen-bond donors (Lipinski definition) is 2. The van der Waals surface area contributed by atoms with Gasteiger partial charge in [-0.3, -0.25) is 0 Å². The molecule has 0 aliphatic heterocycles. The van der Waals surface area contributed by atoms with Gasteiger partial charge in [0.25, 0.3) is 0 Å². The number of rotatable bonds is 0. The molecule has 71 valence electrons. The molecule has 0 aromatic heterocycles. The van der Waals surface area contributed by atoms with Gasteiger partial charge in [0, 0.05) is 67.4 Å². The van der Waals surface area contributed by atoms with Gasteiger partial charge in [0.05, 0.1) is 0 Å². The summed E-state index contributed by atoms with van der Waals surface area (Å²) < 4.78 is 0. The molecule has 0 saturated heterocycles. The second-order valence-corrected chi connectivity index (χ2v) is 0.610. The molecule has 0 unspecified atom stereocenters. The van der Waals surface area contributed by atoms with Crippen molar-refractivity contribution in [3.63, 3.8) is 0 Å². The van der Waals surface area contributed by atoms with Crippen LogP contribution in [0.25, 0.3) is 0 Å². The number of carboxylic acids is 2. The smallest absolute Gasteiger partial charge is 0.414 e. The molecule has 0 aromatic rings. The van der Waals surface area contributed by atoms with Crippen molar-refractivity contribution in [3.8, 4) is 0 Å². The summed E-state index contributed by atoms with van der Waals surface area (Å²) in [7, 11) is 0. The van der Waals surface area contributed by atoms with Crippen molar-refractivity contribution >= 4 is 11.9 Å². The molecule has 3 radical (unpaired) electrons. The maximum absolute atomic E-state index is 9.10. The van der Waals surface area contributed by atoms with E-state index in [2.05, 4.69) is 0 Å². The molecule has 0 heterocycles. The fourth-order valence-electron chi connectivity index (χ4n) is 0. The van der Waals surface area contributed by atoms with Crippen LogP contribution in [0.3, 0.4) is 0 Å². The molecule has 0 aliphatic rings. The standard InChI is InChI=1S/C2H2O4.Co.Cu.Mn.Ni/c3-1(4)2(5)6;;;;/h(H,3,4)(H,5,6);;;;. The Balaban J connectivity index is -0.0000000208. The number of hydrogen-bond acceptors (Lipinski definition) is 2. The van der Waals surface area contributed by atoms with Gasteiger partial charge in [-0.05, 0) is 0 Å². The first kappa shape index (κ1) is 30.6. The first-order valence-electron chi connectivity index (χ1n) is 1.11. The first-order valence-corrected chi connectivity index (χ1v) is 1.11. The van der Waals surface area contributed by atoms with Crippen molar-refractivity contribution in [1.82, 2.24) is 0 Å². The molecule has 0 bridgehead atoms. The first-order chi connectivity index (χ1) is 2.64. The van der Waals surface area contributed by atoms with Crippen molar-refractivity contribution in [1.29, 1.82) is 0 Å². The summed E-state index contributed by atoms with van der Waals surface area (Å²) in [5.41, 5.74) is 0. The third kappa shape index (κ3) is 23.1. The second-order valence-electron chi connectivity index (χ2n) is 0.610. The van der Waals surface area contributed by atoms with Crippen molar-refractivity contribution in [3.05, 3.63) is 0 Å². The predicted octanol–water partition coefficient (Wildman–Crippen LogP) is -0.854. The van der Waals surface area contributed by atoms with Crippen LogP contribution >= 0.6 is 0 Å². The van der Waals surface area contributed by atoms with E-state index in [4.69, 9.17) is 19.8 Å². The van der Waals surface area contributed by atoms with Crippen molar-refractivity contribution < 1.29 is 87.2 Å². The molecular weight excluding hydrogens is 324 g/mol. The zero-order valence-corrected chi connectivity index (χ0v) is 8.19. The SMILES string of the molecule is O=C(O)C(=O)O.[Co].[Cu].[Mn].[Ni]. The van der Waals surface area contributed by atoms with Gasteiger partial charge in [-0.25, -0.2) is 9.59 Å². The van der Waals surface area contributed by atoms with E-state index < -0.39 is 11.9 Å². The Morgan fingerprint density at radius 2 is 1.10 bits per heavy atom. The van der Waals surface area contributed by atoms with E-state index in [-0.39, 0.29) is 67.4 Å². The quantitative estimate of drug-likeness (QED) is 0.449. The largest absolute Gasteiger partial charge is 0.473 e. The fraction of sp³-hybridized carbons (Fsp3) is 0. The van der Waals surface area contributed by atoms with Crippen molar-refractivity contribution in [2.45, 2.75) is 0 Å². The Morgan fingerprint density at radius 1 is 1.00 bits per heavy atom. The van der Waals surface area contributed by atoms with Gasteiger partial charge in [-0.15, -0.1) is 0 Å². The monoisotopic (exact) mass is 325 g/mol. The predicted molar refractivity (Wildman–Crippen MR) is 15.3 cm³/mol. The number of aliphatic carboxylic acids is 2. The Hall–Kier alpha value is 0.979. The van der Waals surface area contributed by atoms with E-state index in [0.29, 0.717) is 0 Å². The summed E-state index contributed by atoms with van der Waals surface area (Å²) in [5.74, 6) is -3.65. The third-order valence-electron chi connectivity index (χ3n) is 0.183. The van der Waals surface area contributed by atoms with Gasteiger partial charge in [-0.1, -0.05) is 0 Å². The van der Waals surface area contributed by atoms with Crippen LogP contribution in [0.15, 0.2) is 0 Å². The molecule has 0 fully saturated rings. The maximum atomic E-state index is 9.10. The van der Waals surface area contributed by atoms with E-state index in [0.717, 1.165) is 0 Å². The summed E-state index contributed by atoms with van der Waals surface area (Å²) in [4.78, 5) is 18.2. The molecule has 10 heavy (non-hydrogen) atoms. The van der Waals surface area contributed by atoms with E-state index >= 15 is 0 Å². The fourth-order valence-corrected chi connectivity index (χ4v) is 0. The molecule has 0 atom stereocenters. The molecule has 0 spiro atoms. The number of carbonyl (C=O) groups is 2. The minimum absolute atomic E-state index is 0. The van der Waals surface area contributed by atoms with E-state index in [9.17, 15) is 0 Å². The van der Waals surface area contributed by atoms with Crippen LogP contribution in [0.4, 0.5) is 0 Å². The summed E-state index contributed by atoms with van der Waals surface area (Å²) in [6, 6.07) is 0. The number of carboxylic acid groups (broad SMARTS) is 2. The van der Waals surface area contributed by atoms with Crippen LogP contribution in [0.1, 0.15) is 0 Å². The molecule has 4 nitrogen and oxygen atoms in total. The van der Waals surface area contributed by atoms with Crippen LogP contribution in [-0.4, -0.2) is 22.2 Å². The summed E-state index contributed by atoms with van der Waals surface area (Å²) in [6.45, 7) is 0. The van der Waals surface area contributed by atoms with Crippen molar-refractivity contribution in [2.75, 3.05) is 0 Å². The molecular formula is C2H2CoCuMnNiO4. The summed E-state index contributed by atoms with van der Waals surface area (Å²) in [6.07, 6.45) is 0. The van der Waals surface area contributed by atoms with Gasteiger partial charge < -0.3 is 10.2 Å². The molecule has 8 heteroatoms. The van der Waals surface area contributed by atoms with Crippen LogP contribution < -0.4 is 0 Å². The summed E-state index contributed by atoms with van der Waals surface area (Å²) >= 11 is 0. The Bertz CT molecular complexity index is 89.3. The average Bonchev–Trinajstić information content (AvgIpc) is 1.36. The van der Waals surface area contributed by atoms with Crippen molar-refractivity contribution in [2.24, 2.45) is 0 Å². The molecule has 0 saturated carbocycles. The summed E-state index contributed by atoms with van der Waals surface area (Å²) in [5, 5.41) is 14.8. The molecule has 2 N–H and O–H groups in total. The average molecular weight is 326 g/mol. The Labute approximate surface area is 98.6 Å². The molecule has 0 amide bonds. The van der Waals surface area contributed by atoms with Crippen LogP contribution in [-0.2, 0) is 77.0 Å². The molecule has 0 aromatic carbocycles. The van der Waals surface area contributed by atoms with Gasteiger partial charge in [0.1, 0.15) is 0 Å². The zero-order valence-electron chi connectivity index (χ0n) is 4.04. The second kappa shape index (κ2) is 16.5. The van der Waals surface area contributed by atoms with Crippen LogP contribution in [0, 0.1) is 0 Å². The molecule has 0 aliphatic carbocycles. The topological polar surface area (TPSA) is 74.6 Å². The van der Waals surface area contributed by atoms with E-state index in [1.807, 2.05) is 0 Å². The van der Waals surface area contributed by atoms with Crippen LogP contribution in [0.5, 0.6) is 0 Å². The van der Waals surface area contributed by atoms with Gasteiger partial charge in [0.15, 0.2) is 0 Å². The van der Waals surface area contributed by atoms with Gasteiger partial charge >= 0.3 is 11.9 Å². The normalized spacial score (nSPS) is 4.40. The van der Waals surface area contributed by atoms with Crippen LogP contribution in [0.2, 0.25) is 0 Å². The Morgan fingerprint density at radius 3 is 1.10 bits per heavy atom. The Kier molecular flexibility index (Phi) is 50.5. The minimum atomic E-state index is -1.82. The van der Waals surface area contributed by atoms with E-state index in [1.165, 1.54) is 0 Å². The van der Waals surface area contributed by atoms with Gasteiger partial charge in [0.2, 0.25) is 0 Å².